The van der Waals surface area contributed by atoms with Crippen molar-refractivity contribution < 1.29 is 4.39 Å². The van der Waals surface area contributed by atoms with Crippen LogP contribution >= 0.6 is 15.9 Å². The van der Waals surface area contributed by atoms with Crippen LogP contribution in [-0.2, 0) is 6.54 Å². The molecule has 0 N–H and O–H groups in total. The van der Waals surface area contributed by atoms with Gasteiger partial charge in [0.05, 0.1) is 0 Å². The van der Waals surface area contributed by atoms with Crippen molar-refractivity contribution in [2.24, 2.45) is 5.41 Å². The second kappa shape index (κ2) is 5.70. The number of hydrogen-bond acceptors (Lipinski definition) is 1. The van der Waals surface area contributed by atoms with Crippen molar-refractivity contribution in [1.82, 2.24) is 4.90 Å². The molecule has 3 heteroatoms. The van der Waals surface area contributed by atoms with Crippen LogP contribution in [0.4, 0.5) is 4.39 Å². The van der Waals surface area contributed by atoms with E-state index < -0.39 is 0 Å². The van der Waals surface area contributed by atoms with Gasteiger partial charge < -0.3 is 0 Å². The maximum Gasteiger partial charge on any atom is 0.124 e. The summed E-state index contributed by atoms with van der Waals surface area (Å²) < 4.78 is 14.1. The topological polar surface area (TPSA) is 3.24 Å². The van der Waals surface area contributed by atoms with Gasteiger partial charge in [-0.15, -0.1) is 0 Å². The summed E-state index contributed by atoms with van der Waals surface area (Å²) in [4.78, 5) is 2.43. The maximum absolute atomic E-state index is 13.3. The zero-order chi connectivity index (χ0) is 13.2. The average Bonchev–Trinajstić information content (AvgIpc) is 2.31. The van der Waals surface area contributed by atoms with Gasteiger partial charge in [-0.05, 0) is 55.1 Å². The molecule has 1 aromatic carbocycles. The molecular weight excluding hydrogens is 293 g/mol. The molecule has 1 aliphatic rings. The number of nitrogens with zero attached hydrogens (tertiary/aromatic N) is 1. The van der Waals surface area contributed by atoms with Crippen LogP contribution in [0.1, 0.15) is 38.7 Å². The normalized spacial score (nSPS) is 20.0. The highest BCUT2D eigenvalue weighted by Gasteiger charge is 2.28. The molecule has 0 amide bonds. The fourth-order valence-electron chi connectivity index (χ4n) is 2.56. The Morgan fingerprint density at radius 2 is 1.94 bits per heavy atom. The Labute approximate surface area is 118 Å². The summed E-state index contributed by atoms with van der Waals surface area (Å²) in [5.41, 5.74) is 1.57. The second-order valence-electron chi connectivity index (χ2n) is 5.72. The van der Waals surface area contributed by atoms with Crippen LogP contribution in [0.25, 0.3) is 0 Å². The second-order valence-corrected chi connectivity index (χ2v) is 6.63. The Morgan fingerprint density at radius 1 is 1.28 bits per heavy atom. The first-order valence-electron chi connectivity index (χ1n) is 6.68. The molecule has 0 radical (unpaired) electrons. The average molecular weight is 314 g/mol. The van der Waals surface area contributed by atoms with E-state index in [9.17, 15) is 4.39 Å². The van der Waals surface area contributed by atoms with Crippen molar-refractivity contribution in [2.75, 3.05) is 13.1 Å². The summed E-state index contributed by atoms with van der Waals surface area (Å²) in [5.74, 6) is -0.158. The van der Waals surface area contributed by atoms with Crippen molar-refractivity contribution >= 4 is 15.9 Å². The highest BCUT2D eigenvalue weighted by Crippen LogP contribution is 2.34. The molecule has 1 heterocycles. The Morgan fingerprint density at radius 3 is 2.50 bits per heavy atom. The molecule has 1 aliphatic heterocycles. The van der Waals surface area contributed by atoms with E-state index in [4.69, 9.17) is 0 Å². The van der Waals surface area contributed by atoms with Crippen LogP contribution < -0.4 is 0 Å². The molecule has 0 atom stereocenters. The summed E-state index contributed by atoms with van der Waals surface area (Å²) in [7, 11) is 0. The Balaban J connectivity index is 1.95. The zero-order valence-electron chi connectivity index (χ0n) is 11.2. The monoisotopic (exact) mass is 313 g/mol. The molecule has 0 unspecified atom stereocenters. The molecule has 18 heavy (non-hydrogen) atoms. The molecule has 0 bridgehead atoms. The lowest BCUT2D eigenvalue weighted by Gasteiger charge is -2.39. The molecular formula is C15H21BrFN. The number of halogens is 2. The third-order valence-corrected chi connectivity index (χ3v) is 4.70. The van der Waals surface area contributed by atoms with Crippen molar-refractivity contribution in [3.05, 3.63) is 34.1 Å². The van der Waals surface area contributed by atoms with Crippen LogP contribution in [0.15, 0.2) is 22.7 Å². The molecule has 1 fully saturated rings. The van der Waals surface area contributed by atoms with Gasteiger partial charge in [-0.3, -0.25) is 4.90 Å². The standard InChI is InChI=1S/C15H21BrFN/c1-3-15(2)4-6-18(7-5-15)11-12-8-13(16)10-14(17)9-12/h8-10H,3-7,11H2,1-2H3. The lowest BCUT2D eigenvalue weighted by Crippen LogP contribution is -2.37. The van der Waals surface area contributed by atoms with Crippen LogP contribution in [0, 0.1) is 11.2 Å². The van der Waals surface area contributed by atoms with Gasteiger partial charge in [0.15, 0.2) is 0 Å². The van der Waals surface area contributed by atoms with Crippen LogP contribution in [0.2, 0.25) is 0 Å². The predicted octanol–water partition coefficient (Wildman–Crippen LogP) is 4.60. The van der Waals surface area contributed by atoms with E-state index in [-0.39, 0.29) is 5.82 Å². The SMILES string of the molecule is CCC1(C)CCN(Cc2cc(F)cc(Br)c2)CC1. The summed E-state index contributed by atoms with van der Waals surface area (Å²) in [6.45, 7) is 7.76. The highest BCUT2D eigenvalue weighted by molar-refractivity contribution is 9.10. The van der Waals surface area contributed by atoms with Gasteiger partial charge in [-0.1, -0.05) is 36.2 Å². The summed E-state index contributed by atoms with van der Waals surface area (Å²) in [5, 5.41) is 0. The molecule has 1 nitrogen and oxygen atoms in total. The molecule has 0 spiro atoms. The fraction of sp³-hybridized carbons (Fsp3) is 0.600. The van der Waals surface area contributed by atoms with Gasteiger partial charge in [0.2, 0.25) is 0 Å². The van der Waals surface area contributed by atoms with Crippen molar-refractivity contribution in [3.8, 4) is 0 Å². The maximum atomic E-state index is 13.3. The van der Waals surface area contributed by atoms with Crippen LogP contribution in [0.3, 0.4) is 0 Å². The Hall–Kier alpha value is -0.410. The first-order chi connectivity index (χ1) is 8.50. The molecule has 0 saturated carbocycles. The van der Waals surface area contributed by atoms with E-state index in [1.54, 1.807) is 6.07 Å². The van der Waals surface area contributed by atoms with Gasteiger partial charge >= 0.3 is 0 Å². The quantitative estimate of drug-likeness (QED) is 0.788. The van der Waals surface area contributed by atoms with Gasteiger partial charge in [0.25, 0.3) is 0 Å². The van der Waals surface area contributed by atoms with E-state index >= 15 is 0 Å². The van der Waals surface area contributed by atoms with E-state index in [2.05, 4.69) is 34.7 Å². The third kappa shape index (κ3) is 3.55. The summed E-state index contributed by atoms with van der Waals surface area (Å²) in [6, 6.07) is 5.16. The Kier molecular flexibility index (Phi) is 4.44. The van der Waals surface area contributed by atoms with E-state index in [0.717, 1.165) is 29.7 Å². The molecule has 0 aromatic heterocycles. The van der Waals surface area contributed by atoms with E-state index in [1.807, 2.05) is 6.07 Å². The first kappa shape index (κ1) is 14.0. The molecule has 1 saturated heterocycles. The van der Waals surface area contributed by atoms with Gasteiger partial charge in [-0.2, -0.15) is 0 Å². The molecule has 1 aromatic rings. The molecule has 100 valence electrons. The number of piperidine rings is 1. The minimum absolute atomic E-state index is 0.158. The smallest absolute Gasteiger partial charge is 0.124 e. The van der Waals surface area contributed by atoms with Gasteiger partial charge in [0, 0.05) is 11.0 Å². The number of rotatable bonds is 3. The highest BCUT2D eigenvalue weighted by atomic mass is 79.9. The van der Waals surface area contributed by atoms with Gasteiger partial charge in [0.1, 0.15) is 5.82 Å². The zero-order valence-corrected chi connectivity index (χ0v) is 12.8. The summed E-state index contributed by atoms with van der Waals surface area (Å²) in [6.07, 6.45) is 3.76. The van der Waals surface area contributed by atoms with Gasteiger partial charge in [-0.25, -0.2) is 4.39 Å². The van der Waals surface area contributed by atoms with Crippen LogP contribution in [0.5, 0.6) is 0 Å². The van der Waals surface area contributed by atoms with E-state index in [1.165, 1.54) is 25.3 Å². The van der Waals surface area contributed by atoms with E-state index in [0.29, 0.717) is 5.41 Å². The number of likely N-dealkylation sites (tertiary alicyclic amines) is 1. The van der Waals surface area contributed by atoms with Crippen molar-refractivity contribution in [2.45, 2.75) is 39.7 Å². The Bertz CT molecular complexity index is 391. The molecule has 2 rings (SSSR count). The number of benzene rings is 1. The fourth-order valence-corrected chi connectivity index (χ4v) is 3.08. The van der Waals surface area contributed by atoms with Crippen molar-refractivity contribution in [3.63, 3.8) is 0 Å². The van der Waals surface area contributed by atoms with Crippen LogP contribution in [-0.4, -0.2) is 18.0 Å². The number of hydrogen-bond donors (Lipinski definition) is 0. The third-order valence-electron chi connectivity index (χ3n) is 4.25. The predicted molar refractivity (Wildman–Crippen MR) is 77.0 cm³/mol. The largest absolute Gasteiger partial charge is 0.299 e. The first-order valence-corrected chi connectivity index (χ1v) is 7.47. The minimum atomic E-state index is -0.158. The minimum Gasteiger partial charge on any atom is -0.299 e. The molecule has 0 aliphatic carbocycles. The lowest BCUT2D eigenvalue weighted by molar-refractivity contribution is 0.109. The summed E-state index contributed by atoms with van der Waals surface area (Å²) >= 11 is 3.35. The van der Waals surface area contributed by atoms with Crippen molar-refractivity contribution in [1.29, 1.82) is 0 Å². The lowest BCUT2D eigenvalue weighted by atomic mass is 9.78.